The molecule has 1 aliphatic rings. The summed E-state index contributed by atoms with van der Waals surface area (Å²) >= 11 is 0. The van der Waals surface area contributed by atoms with Crippen LogP contribution >= 0.6 is 0 Å². The number of rotatable bonds is 5. The summed E-state index contributed by atoms with van der Waals surface area (Å²) in [4.78, 5) is 21.9. The smallest absolute Gasteiger partial charge is 0.420 e. The van der Waals surface area contributed by atoms with E-state index in [1.807, 2.05) is 57.2 Å². The molecule has 1 fully saturated rings. The minimum Gasteiger partial charge on any atom is -0.443 e. The number of anilines is 2. The Morgan fingerprint density at radius 3 is 2.64 bits per heavy atom. The molecule has 1 saturated heterocycles. The number of carbonyl (C=O) groups excluding carboxylic acids is 1. The van der Waals surface area contributed by atoms with Gasteiger partial charge in [0.2, 0.25) is 0 Å². The minimum atomic E-state index is -0.583. The summed E-state index contributed by atoms with van der Waals surface area (Å²) < 4.78 is 5.73. The van der Waals surface area contributed by atoms with Crippen molar-refractivity contribution in [3.8, 4) is 0 Å². The standard InChI is InChI=1S/C23H31N3O2/c1-5-16-25-17-10-14-20(25)19-13-9-15-24-21(19)26(18-11-7-6-8-12-18)22(27)28-23(2,3)4/h6-9,11-13,15,20H,5,10,14,16-17H2,1-4H3. The molecule has 0 saturated carbocycles. The summed E-state index contributed by atoms with van der Waals surface area (Å²) in [7, 11) is 0. The van der Waals surface area contributed by atoms with Crippen LogP contribution in [0.5, 0.6) is 0 Å². The first-order chi connectivity index (χ1) is 13.4. The summed E-state index contributed by atoms with van der Waals surface area (Å²) in [5.41, 5.74) is 1.26. The normalized spacial score (nSPS) is 17.5. The van der Waals surface area contributed by atoms with Crippen LogP contribution in [0.4, 0.5) is 16.3 Å². The number of ether oxygens (including phenoxy) is 1. The molecule has 2 heterocycles. The average Bonchev–Trinajstić information content (AvgIpc) is 3.10. The molecule has 1 amide bonds. The lowest BCUT2D eigenvalue weighted by molar-refractivity contribution is 0.0597. The summed E-state index contributed by atoms with van der Waals surface area (Å²) in [6.07, 6.45) is 4.70. The number of nitrogens with zero attached hydrogens (tertiary/aromatic N) is 3. The van der Waals surface area contributed by atoms with Gasteiger partial charge in [0.05, 0.1) is 5.69 Å². The Morgan fingerprint density at radius 1 is 1.21 bits per heavy atom. The number of hydrogen-bond acceptors (Lipinski definition) is 4. The van der Waals surface area contributed by atoms with Gasteiger partial charge in [0.1, 0.15) is 11.4 Å². The largest absolute Gasteiger partial charge is 0.443 e. The number of benzene rings is 1. The van der Waals surface area contributed by atoms with Gasteiger partial charge in [-0.3, -0.25) is 4.90 Å². The highest BCUT2D eigenvalue weighted by molar-refractivity contribution is 5.96. The van der Waals surface area contributed by atoms with Crippen LogP contribution in [0, 0.1) is 0 Å². The van der Waals surface area contributed by atoms with E-state index in [1.54, 1.807) is 11.1 Å². The highest BCUT2D eigenvalue weighted by Crippen LogP contribution is 2.38. The quantitative estimate of drug-likeness (QED) is 0.666. The van der Waals surface area contributed by atoms with Gasteiger partial charge < -0.3 is 4.74 Å². The lowest BCUT2D eigenvalue weighted by atomic mass is 10.0. The van der Waals surface area contributed by atoms with Crippen LogP contribution < -0.4 is 4.90 Å². The molecule has 1 aliphatic heterocycles. The van der Waals surface area contributed by atoms with Gasteiger partial charge in [0.15, 0.2) is 0 Å². The first-order valence-electron chi connectivity index (χ1n) is 10.2. The van der Waals surface area contributed by atoms with Crippen molar-refractivity contribution in [1.82, 2.24) is 9.88 Å². The Hall–Kier alpha value is -2.40. The lowest BCUT2D eigenvalue weighted by Gasteiger charge is -2.31. The number of para-hydroxylation sites is 1. The van der Waals surface area contributed by atoms with Crippen LogP contribution in [-0.4, -0.2) is 34.7 Å². The molecule has 1 atom stereocenters. The second kappa shape index (κ2) is 8.74. The van der Waals surface area contributed by atoms with Crippen molar-refractivity contribution < 1.29 is 9.53 Å². The van der Waals surface area contributed by atoms with Crippen LogP contribution in [0.1, 0.15) is 58.6 Å². The molecule has 28 heavy (non-hydrogen) atoms. The number of hydrogen-bond donors (Lipinski definition) is 0. The molecular weight excluding hydrogens is 350 g/mol. The Balaban J connectivity index is 2.05. The molecule has 0 bridgehead atoms. The molecule has 5 heteroatoms. The van der Waals surface area contributed by atoms with E-state index in [0.29, 0.717) is 5.82 Å². The van der Waals surface area contributed by atoms with Gasteiger partial charge in [-0.15, -0.1) is 0 Å². The maximum absolute atomic E-state index is 13.2. The van der Waals surface area contributed by atoms with Crippen molar-refractivity contribution in [3.63, 3.8) is 0 Å². The lowest BCUT2D eigenvalue weighted by Crippen LogP contribution is -2.35. The number of pyridine rings is 1. The van der Waals surface area contributed by atoms with Gasteiger partial charge in [-0.25, -0.2) is 14.7 Å². The predicted molar refractivity (Wildman–Crippen MR) is 113 cm³/mol. The number of likely N-dealkylation sites (tertiary alicyclic amines) is 1. The summed E-state index contributed by atoms with van der Waals surface area (Å²) in [6, 6.07) is 14.0. The van der Waals surface area contributed by atoms with Crippen molar-refractivity contribution in [3.05, 3.63) is 54.2 Å². The number of amides is 1. The van der Waals surface area contributed by atoms with E-state index in [9.17, 15) is 4.79 Å². The Kier molecular flexibility index (Phi) is 6.35. The van der Waals surface area contributed by atoms with Crippen LogP contribution in [0.3, 0.4) is 0 Å². The van der Waals surface area contributed by atoms with Crippen LogP contribution in [0.25, 0.3) is 0 Å². The number of aromatic nitrogens is 1. The second-order valence-electron chi connectivity index (χ2n) is 8.26. The Bertz CT molecular complexity index is 786. The molecule has 0 spiro atoms. The molecule has 0 aliphatic carbocycles. The summed E-state index contributed by atoms with van der Waals surface area (Å²) in [5, 5.41) is 0. The molecule has 0 radical (unpaired) electrons. The molecule has 1 aromatic carbocycles. The SMILES string of the molecule is CCCN1CCCC1c1cccnc1N(C(=O)OC(C)(C)C)c1ccccc1. The van der Waals surface area contributed by atoms with Crippen molar-refractivity contribution in [2.24, 2.45) is 0 Å². The molecule has 5 nitrogen and oxygen atoms in total. The zero-order chi connectivity index (χ0) is 20.1. The van der Waals surface area contributed by atoms with Gasteiger partial charge in [0.25, 0.3) is 0 Å². The van der Waals surface area contributed by atoms with Gasteiger partial charge in [-0.2, -0.15) is 0 Å². The maximum Gasteiger partial charge on any atom is 0.420 e. The Morgan fingerprint density at radius 2 is 1.96 bits per heavy atom. The van der Waals surface area contributed by atoms with Crippen molar-refractivity contribution in [1.29, 1.82) is 0 Å². The average molecular weight is 382 g/mol. The van der Waals surface area contributed by atoms with E-state index < -0.39 is 11.7 Å². The van der Waals surface area contributed by atoms with Gasteiger partial charge in [-0.05, 0) is 71.3 Å². The van der Waals surface area contributed by atoms with E-state index in [2.05, 4.69) is 22.9 Å². The third kappa shape index (κ3) is 4.71. The first kappa shape index (κ1) is 20.3. The zero-order valence-electron chi connectivity index (χ0n) is 17.4. The highest BCUT2D eigenvalue weighted by atomic mass is 16.6. The Labute approximate surface area is 168 Å². The number of carbonyl (C=O) groups is 1. The molecule has 0 N–H and O–H groups in total. The topological polar surface area (TPSA) is 45.7 Å². The predicted octanol–water partition coefficient (Wildman–Crippen LogP) is 5.70. The van der Waals surface area contributed by atoms with E-state index in [4.69, 9.17) is 4.74 Å². The monoisotopic (exact) mass is 381 g/mol. The fourth-order valence-electron chi connectivity index (χ4n) is 3.79. The fraction of sp³-hybridized carbons (Fsp3) is 0.478. The summed E-state index contributed by atoms with van der Waals surface area (Å²) in [6.45, 7) is 9.99. The minimum absolute atomic E-state index is 0.275. The van der Waals surface area contributed by atoms with Gasteiger partial charge in [0, 0.05) is 17.8 Å². The van der Waals surface area contributed by atoms with E-state index >= 15 is 0 Å². The third-order valence-corrected chi connectivity index (χ3v) is 4.85. The van der Waals surface area contributed by atoms with E-state index in [0.717, 1.165) is 43.6 Å². The molecule has 1 aromatic heterocycles. The molecular formula is C23H31N3O2. The van der Waals surface area contributed by atoms with Crippen molar-refractivity contribution >= 4 is 17.6 Å². The van der Waals surface area contributed by atoms with Gasteiger partial charge in [-0.1, -0.05) is 31.2 Å². The van der Waals surface area contributed by atoms with Crippen molar-refractivity contribution in [2.75, 3.05) is 18.0 Å². The molecule has 1 unspecified atom stereocenters. The highest BCUT2D eigenvalue weighted by Gasteiger charge is 2.33. The fourth-order valence-corrected chi connectivity index (χ4v) is 3.79. The van der Waals surface area contributed by atoms with E-state index in [1.165, 1.54) is 0 Å². The van der Waals surface area contributed by atoms with Crippen LogP contribution in [0.2, 0.25) is 0 Å². The van der Waals surface area contributed by atoms with Gasteiger partial charge >= 0.3 is 6.09 Å². The molecule has 150 valence electrons. The third-order valence-electron chi connectivity index (χ3n) is 4.85. The van der Waals surface area contributed by atoms with Crippen LogP contribution in [-0.2, 0) is 4.74 Å². The zero-order valence-corrected chi connectivity index (χ0v) is 17.4. The maximum atomic E-state index is 13.2. The first-order valence-corrected chi connectivity index (χ1v) is 10.2. The van der Waals surface area contributed by atoms with Crippen molar-refractivity contribution in [2.45, 2.75) is 58.6 Å². The summed E-state index contributed by atoms with van der Waals surface area (Å²) in [5.74, 6) is 0.663. The second-order valence-corrected chi connectivity index (χ2v) is 8.26. The van der Waals surface area contributed by atoms with Crippen LogP contribution in [0.15, 0.2) is 48.7 Å². The molecule has 2 aromatic rings. The molecule has 3 rings (SSSR count). The van der Waals surface area contributed by atoms with E-state index in [-0.39, 0.29) is 6.04 Å².